The van der Waals surface area contributed by atoms with E-state index in [0.717, 1.165) is 48.9 Å². The van der Waals surface area contributed by atoms with Gasteiger partial charge in [-0.2, -0.15) is 0 Å². The van der Waals surface area contributed by atoms with Gasteiger partial charge in [-0.15, -0.1) is 0 Å². The minimum absolute atomic E-state index is 0.115. The first-order valence-corrected chi connectivity index (χ1v) is 12.7. The van der Waals surface area contributed by atoms with Crippen molar-refractivity contribution in [1.82, 2.24) is 0 Å². The van der Waals surface area contributed by atoms with Crippen molar-refractivity contribution in [3.05, 3.63) is 11.6 Å². The van der Waals surface area contributed by atoms with E-state index in [9.17, 15) is 10.2 Å². The summed E-state index contributed by atoms with van der Waals surface area (Å²) in [6.07, 6.45) is 13.9. The average Bonchev–Trinajstić information content (AvgIpc) is 3.02. The maximum absolute atomic E-state index is 10.7. The number of fused-ring (bicyclic) bond motifs is 5. The molecule has 3 saturated carbocycles. The SMILES string of the molecule is CC(C)CCC[C@@H](C)[C@H]1CC[C@H]2[C@@H]3CC=C4[C@H](O)[C@H](O)CC[C@]4(C)[C@H]3CC[C@]12C. The maximum atomic E-state index is 10.7. The monoisotopic (exact) mass is 402 g/mol. The van der Waals surface area contributed by atoms with Gasteiger partial charge in [0.15, 0.2) is 0 Å². The van der Waals surface area contributed by atoms with E-state index in [4.69, 9.17) is 0 Å². The van der Waals surface area contributed by atoms with E-state index in [1.54, 1.807) is 0 Å². The lowest BCUT2D eigenvalue weighted by atomic mass is 9.46. The standard InChI is InChI=1S/C27H46O2/c1-17(2)7-6-8-18(3)20-11-12-21-19-9-10-23-25(29)24(28)14-16-27(23,5)22(19)13-15-26(20,21)4/h10,17-22,24-25,28-29H,6-9,11-16H2,1-5H3/t18-,19+,20-,21+,22+,24-,25+,26-,27-/m1/s1. The van der Waals surface area contributed by atoms with Gasteiger partial charge < -0.3 is 10.2 Å². The van der Waals surface area contributed by atoms with Crippen molar-refractivity contribution in [3.63, 3.8) is 0 Å². The summed E-state index contributed by atoms with van der Waals surface area (Å²) in [5.74, 6) is 4.95. The molecule has 2 nitrogen and oxygen atoms in total. The van der Waals surface area contributed by atoms with Crippen LogP contribution in [0, 0.1) is 46.3 Å². The highest BCUT2D eigenvalue weighted by Crippen LogP contribution is 2.67. The molecule has 0 heterocycles. The second-order valence-electron chi connectivity index (χ2n) is 12.3. The van der Waals surface area contributed by atoms with E-state index in [2.05, 4.69) is 40.7 Å². The quantitative estimate of drug-likeness (QED) is 0.525. The predicted molar refractivity (Wildman–Crippen MR) is 120 cm³/mol. The Balaban J connectivity index is 1.51. The predicted octanol–water partition coefficient (Wildman–Crippen LogP) is 6.36. The molecule has 29 heavy (non-hydrogen) atoms. The van der Waals surface area contributed by atoms with Crippen LogP contribution in [0.15, 0.2) is 11.6 Å². The summed E-state index contributed by atoms with van der Waals surface area (Å²) in [6.45, 7) is 12.3. The van der Waals surface area contributed by atoms with Gasteiger partial charge in [0.25, 0.3) is 0 Å². The number of aliphatic hydroxyl groups is 2. The summed E-state index contributed by atoms with van der Waals surface area (Å²) in [7, 11) is 0. The Kier molecular flexibility index (Phi) is 6.01. The smallest absolute Gasteiger partial charge is 0.101 e. The molecule has 0 aromatic rings. The summed E-state index contributed by atoms with van der Waals surface area (Å²) < 4.78 is 0. The Labute approximate surface area is 179 Å². The topological polar surface area (TPSA) is 40.5 Å². The molecule has 0 saturated heterocycles. The van der Waals surface area contributed by atoms with Crippen molar-refractivity contribution in [1.29, 1.82) is 0 Å². The van der Waals surface area contributed by atoms with Gasteiger partial charge in [0.1, 0.15) is 6.10 Å². The highest BCUT2D eigenvalue weighted by atomic mass is 16.3. The van der Waals surface area contributed by atoms with E-state index in [0.29, 0.717) is 11.3 Å². The molecule has 0 aromatic heterocycles. The van der Waals surface area contributed by atoms with Gasteiger partial charge in [0.2, 0.25) is 0 Å². The Morgan fingerprint density at radius 1 is 0.966 bits per heavy atom. The van der Waals surface area contributed by atoms with Crippen LogP contribution < -0.4 is 0 Å². The van der Waals surface area contributed by atoms with Gasteiger partial charge in [-0.05, 0) is 96.9 Å². The largest absolute Gasteiger partial charge is 0.390 e. The van der Waals surface area contributed by atoms with Crippen LogP contribution in [0.2, 0.25) is 0 Å². The number of allylic oxidation sites excluding steroid dienone is 1. The number of hydrogen-bond acceptors (Lipinski definition) is 2. The molecule has 166 valence electrons. The average molecular weight is 403 g/mol. The molecule has 3 fully saturated rings. The number of rotatable bonds is 5. The van der Waals surface area contributed by atoms with Crippen LogP contribution in [0.4, 0.5) is 0 Å². The van der Waals surface area contributed by atoms with Crippen molar-refractivity contribution < 1.29 is 10.2 Å². The fourth-order valence-electron chi connectivity index (χ4n) is 8.74. The first kappa shape index (κ1) is 21.9. The van der Waals surface area contributed by atoms with E-state index in [-0.39, 0.29) is 5.41 Å². The summed E-state index contributed by atoms with van der Waals surface area (Å²) in [5.41, 5.74) is 1.81. The van der Waals surface area contributed by atoms with Gasteiger partial charge in [0, 0.05) is 0 Å². The Hall–Kier alpha value is -0.340. The Morgan fingerprint density at radius 3 is 2.45 bits per heavy atom. The lowest BCUT2D eigenvalue weighted by Gasteiger charge is -2.59. The second-order valence-corrected chi connectivity index (χ2v) is 12.3. The first-order valence-electron chi connectivity index (χ1n) is 12.7. The third-order valence-corrected chi connectivity index (χ3v) is 10.4. The van der Waals surface area contributed by atoms with E-state index in [1.165, 1.54) is 50.5 Å². The van der Waals surface area contributed by atoms with Crippen LogP contribution in [-0.2, 0) is 0 Å². The molecule has 0 radical (unpaired) electrons. The third kappa shape index (κ3) is 3.55. The first-order chi connectivity index (χ1) is 13.7. The van der Waals surface area contributed by atoms with Gasteiger partial charge >= 0.3 is 0 Å². The third-order valence-electron chi connectivity index (χ3n) is 10.4. The normalized spacial score (nSPS) is 47.9. The molecular formula is C27H46O2. The molecule has 4 aliphatic rings. The molecule has 4 rings (SSSR count). The van der Waals surface area contributed by atoms with Crippen LogP contribution in [0.1, 0.15) is 98.8 Å². The van der Waals surface area contributed by atoms with Crippen LogP contribution >= 0.6 is 0 Å². The van der Waals surface area contributed by atoms with Gasteiger partial charge in [-0.1, -0.05) is 60.0 Å². The number of aliphatic hydroxyl groups excluding tert-OH is 2. The van der Waals surface area contributed by atoms with Crippen molar-refractivity contribution in [2.75, 3.05) is 0 Å². The molecular weight excluding hydrogens is 356 g/mol. The summed E-state index contributed by atoms with van der Waals surface area (Å²) in [6, 6.07) is 0. The molecule has 0 aromatic carbocycles. The Morgan fingerprint density at radius 2 is 1.72 bits per heavy atom. The van der Waals surface area contributed by atoms with E-state index >= 15 is 0 Å². The summed E-state index contributed by atoms with van der Waals surface area (Å²) >= 11 is 0. The van der Waals surface area contributed by atoms with Gasteiger partial charge in [-0.3, -0.25) is 0 Å². The van der Waals surface area contributed by atoms with Gasteiger partial charge in [0.05, 0.1) is 6.10 Å². The zero-order valence-corrected chi connectivity index (χ0v) is 19.7. The van der Waals surface area contributed by atoms with E-state index < -0.39 is 12.2 Å². The molecule has 2 heteroatoms. The summed E-state index contributed by atoms with van der Waals surface area (Å²) in [5, 5.41) is 20.9. The summed E-state index contributed by atoms with van der Waals surface area (Å²) in [4.78, 5) is 0. The minimum atomic E-state index is -0.625. The van der Waals surface area contributed by atoms with Crippen LogP contribution in [0.3, 0.4) is 0 Å². The van der Waals surface area contributed by atoms with Gasteiger partial charge in [-0.25, -0.2) is 0 Å². The Bertz CT molecular complexity index is 624. The lowest BCUT2D eigenvalue weighted by Crippen LogP contribution is -2.53. The van der Waals surface area contributed by atoms with Crippen molar-refractivity contribution >= 4 is 0 Å². The molecule has 0 amide bonds. The minimum Gasteiger partial charge on any atom is -0.390 e. The van der Waals surface area contributed by atoms with Crippen molar-refractivity contribution in [2.45, 2.75) is 111 Å². The molecule has 2 N–H and O–H groups in total. The van der Waals surface area contributed by atoms with Crippen LogP contribution in [-0.4, -0.2) is 22.4 Å². The molecule has 4 aliphatic carbocycles. The van der Waals surface area contributed by atoms with Crippen molar-refractivity contribution in [2.24, 2.45) is 46.3 Å². The van der Waals surface area contributed by atoms with Crippen LogP contribution in [0.25, 0.3) is 0 Å². The van der Waals surface area contributed by atoms with Crippen LogP contribution in [0.5, 0.6) is 0 Å². The fourth-order valence-corrected chi connectivity index (χ4v) is 8.74. The van der Waals surface area contributed by atoms with E-state index in [1.807, 2.05) is 0 Å². The molecule has 0 aliphatic heterocycles. The van der Waals surface area contributed by atoms with Crippen molar-refractivity contribution in [3.8, 4) is 0 Å². The highest BCUT2D eigenvalue weighted by molar-refractivity contribution is 5.29. The highest BCUT2D eigenvalue weighted by Gasteiger charge is 2.60. The maximum Gasteiger partial charge on any atom is 0.101 e. The molecule has 0 unspecified atom stereocenters. The zero-order valence-electron chi connectivity index (χ0n) is 19.7. The molecule has 9 atom stereocenters. The molecule has 0 bridgehead atoms. The fraction of sp³-hybridized carbons (Fsp3) is 0.926. The molecule has 0 spiro atoms. The zero-order chi connectivity index (χ0) is 21.0. The lowest BCUT2D eigenvalue weighted by molar-refractivity contribution is -0.0801. The number of hydrogen-bond donors (Lipinski definition) is 2. The second kappa shape index (κ2) is 7.97.